The van der Waals surface area contributed by atoms with Crippen LogP contribution in [-0.4, -0.2) is 34.9 Å². The number of amides is 1. The summed E-state index contributed by atoms with van der Waals surface area (Å²) in [6.07, 6.45) is 5.77. The highest BCUT2D eigenvalue weighted by molar-refractivity contribution is 8.26. The number of para-hydroxylation sites is 1. The molecule has 3 rings (SSSR count). The summed E-state index contributed by atoms with van der Waals surface area (Å²) < 4.78 is 12.0. The second kappa shape index (κ2) is 7.62. The molecule has 0 saturated carbocycles. The van der Waals surface area contributed by atoms with E-state index in [4.69, 9.17) is 21.7 Å². The van der Waals surface area contributed by atoms with E-state index in [0.717, 1.165) is 29.7 Å². The van der Waals surface area contributed by atoms with E-state index in [-0.39, 0.29) is 12.0 Å². The molecule has 0 aromatic heterocycles. The van der Waals surface area contributed by atoms with Gasteiger partial charge in [0.15, 0.2) is 11.5 Å². The summed E-state index contributed by atoms with van der Waals surface area (Å²) in [7, 11) is 1.63. The Morgan fingerprint density at radius 2 is 2.24 bits per heavy atom. The maximum atomic E-state index is 12.6. The fourth-order valence-electron chi connectivity index (χ4n) is 2.79. The zero-order valence-corrected chi connectivity index (χ0v) is 16.2. The minimum absolute atomic E-state index is 0.00649. The highest BCUT2D eigenvalue weighted by Crippen LogP contribution is 2.39. The molecule has 4 nitrogen and oxygen atoms in total. The van der Waals surface area contributed by atoms with Gasteiger partial charge in [-0.05, 0) is 37.1 Å². The third kappa shape index (κ3) is 3.60. The fraction of sp³-hybridized carbons (Fsp3) is 0.368. The number of carbonyl (C=O) groups excluding carboxylic acids is 1. The van der Waals surface area contributed by atoms with Crippen molar-refractivity contribution in [3.63, 3.8) is 0 Å². The molecule has 1 amide bonds. The van der Waals surface area contributed by atoms with Gasteiger partial charge in [0.2, 0.25) is 0 Å². The number of carbonyl (C=O) groups is 1. The first-order valence-electron chi connectivity index (χ1n) is 8.35. The number of ether oxygens (including phenoxy) is 2. The average molecular weight is 376 g/mol. The van der Waals surface area contributed by atoms with Gasteiger partial charge in [-0.1, -0.05) is 49.5 Å². The van der Waals surface area contributed by atoms with Crippen molar-refractivity contribution in [2.75, 3.05) is 13.7 Å². The molecule has 0 aliphatic carbocycles. The van der Waals surface area contributed by atoms with Gasteiger partial charge in [0.05, 0.1) is 12.0 Å². The molecule has 2 aliphatic rings. The summed E-state index contributed by atoms with van der Waals surface area (Å²) in [6.45, 7) is 4.75. The number of methoxy groups -OCH3 is 1. The summed E-state index contributed by atoms with van der Waals surface area (Å²) >= 11 is 6.73. The van der Waals surface area contributed by atoms with Crippen molar-refractivity contribution in [3.8, 4) is 11.5 Å². The normalized spacial score (nSPS) is 21.2. The van der Waals surface area contributed by atoms with E-state index >= 15 is 0 Å². The number of thioether (sulfide) groups is 1. The zero-order valence-electron chi connectivity index (χ0n) is 14.6. The molecule has 1 unspecified atom stereocenters. The topological polar surface area (TPSA) is 38.8 Å². The molecule has 0 radical (unpaired) electrons. The number of fused-ring (bicyclic) bond motifs is 1. The first-order valence-corrected chi connectivity index (χ1v) is 9.58. The van der Waals surface area contributed by atoms with Crippen LogP contribution in [0.2, 0.25) is 0 Å². The summed E-state index contributed by atoms with van der Waals surface area (Å²) in [6, 6.07) is 5.78. The van der Waals surface area contributed by atoms with E-state index in [2.05, 4.69) is 6.92 Å². The van der Waals surface area contributed by atoms with Crippen LogP contribution < -0.4 is 9.47 Å². The average Bonchev–Trinajstić information content (AvgIpc) is 2.86. The van der Waals surface area contributed by atoms with Crippen molar-refractivity contribution in [3.05, 3.63) is 40.3 Å². The van der Waals surface area contributed by atoms with E-state index in [1.165, 1.54) is 11.8 Å². The summed E-state index contributed by atoms with van der Waals surface area (Å²) in [5.41, 5.74) is 1.90. The second-order valence-corrected chi connectivity index (χ2v) is 7.65. The monoisotopic (exact) mass is 375 g/mol. The van der Waals surface area contributed by atoms with Gasteiger partial charge in [0.1, 0.15) is 10.4 Å². The molecule has 1 saturated heterocycles. The molecule has 2 heterocycles. The third-order valence-electron chi connectivity index (χ3n) is 4.22. The molecule has 2 aliphatic heterocycles. The molecule has 1 aromatic rings. The van der Waals surface area contributed by atoms with Crippen LogP contribution in [0.1, 0.15) is 32.3 Å². The summed E-state index contributed by atoms with van der Waals surface area (Å²) in [5.74, 6) is 1.45. The number of unbranched alkanes of at least 4 members (excludes halogenated alkanes) is 1. The molecule has 6 heteroatoms. The highest BCUT2D eigenvalue weighted by atomic mass is 32.2. The molecular formula is C19H21NO3S2. The standard InChI is InChI=1S/C19H21NO3S2/c1-4-5-9-20-18(21)16(25-19(20)24)11-14-10-13-7-6-8-15(22-3)17(13)23-12(14)2/h6-8,10-12H,4-5,9H2,1-3H3. The Balaban J connectivity index is 1.89. The van der Waals surface area contributed by atoms with E-state index in [1.54, 1.807) is 12.0 Å². The van der Waals surface area contributed by atoms with E-state index in [1.807, 2.05) is 37.3 Å². The number of nitrogens with zero attached hydrogens (tertiary/aromatic N) is 1. The molecule has 0 spiro atoms. The van der Waals surface area contributed by atoms with Crippen molar-refractivity contribution in [2.45, 2.75) is 32.8 Å². The van der Waals surface area contributed by atoms with Crippen LogP contribution in [-0.2, 0) is 4.79 Å². The van der Waals surface area contributed by atoms with Gasteiger partial charge in [0, 0.05) is 12.1 Å². The Hall–Kier alpha value is -1.79. The van der Waals surface area contributed by atoms with Crippen molar-refractivity contribution >= 4 is 40.3 Å². The lowest BCUT2D eigenvalue weighted by Gasteiger charge is -2.24. The molecule has 1 fully saturated rings. The number of hydrogen-bond donors (Lipinski definition) is 0. The maximum Gasteiger partial charge on any atom is 0.266 e. The first-order chi connectivity index (χ1) is 12.0. The van der Waals surface area contributed by atoms with Gasteiger partial charge in [-0.25, -0.2) is 0 Å². The lowest BCUT2D eigenvalue weighted by Crippen LogP contribution is -2.29. The number of rotatable bonds is 5. The summed E-state index contributed by atoms with van der Waals surface area (Å²) in [4.78, 5) is 15.0. The van der Waals surface area contributed by atoms with Crippen LogP contribution in [0.5, 0.6) is 11.5 Å². The Morgan fingerprint density at radius 3 is 2.96 bits per heavy atom. The summed E-state index contributed by atoms with van der Waals surface area (Å²) in [5, 5.41) is 0. The minimum atomic E-state index is -0.164. The van der Waals surface area contributed by atoms with Gasteiger partial charge in [-0.15, -0.1) is 0 Å². The van der Waals surface area contributed by atoms with E-state index < -0.39 is 0 Å². The highest BCUT2D eigenvalue weighted by Gasteiger charge is 2.32. The van der Waals surface area contributed by atoms with E-state index in [0.29, 0.717) is 21.5 Å². The maximum absolute atomic E-state index is 12.6. The smallest absolute Gasteiger partial charge is 0.266 e. The molecule has 0 N–H and O–H groups in total. The number of thiocarbonyl (C=S) groups is 1. The van der Waals surface area contributed by atoms with E-state index in [9.17, 15) is 4.79 Å². The first kappa shape index (κ1) is 18.0. The Kier molecular flexibility index (Phi) is 5.49. The Bertz CT molecular complexity index is 770. The van der Waals surface area contributed by atoms with Crippen LogP contribution >= 0.6 is 24.0 Å². The largest absolute Gasteiger partial charge is 0.493 e. The van der Waals surface area contributed by atoms with Crippen LogP contribution in [0.25, 0.3) is 6.08 Å². The predicted octanol–water partition coefficient (Wildman–Crippen LogP) is 4.40. The lowest BCUT2D eigenvalue weighted by atomic mass is 10.0. The van der Waals surface area contributed by atoms with Crippen LogP contribution in [0.4, 0.5) is 0 Å². The lowest BCUT2D eigenvalue weighted by molar-refractivity contribution is -0.122. The quantitative estimate of drug-likeness (QED) is 0.563. The molecule has 1 atom stereocenters. The number of hydrogen-bond acceptors (Lipinski definition) is 5. The molecule has 25 heavy (non-hydrogen) atoms. The molecule has 1 aromatic carbocycles. The van der Waals surface area contributed by atoms with Crippen LogP contribution in [0, 0.1) is 0 Å². The SMILES string of the molecule is CCCCN1C(=O)C(=CC2=Cc3cccc(OC)c3OC2C)SC1=S. The van der Waals surface area contributed by atoms with Crippen molar-refractivity contribution in [2.24, 2.45) is 0 Å². The van der Waals surface area contributed by atoms with Gasteiger partial charge < -0.3 is 9.47 Å². The van der Waals surface area contributed by atoms with Gasteiger partial charge in [-0.3, -0.25) is 9.69 Å². The Labute approximate surface area is 157 Å². The van der Waals surface area contributed by atoms with Crippen molar-refractivity contribution in [1.29, 1.82) is 0 Å². The number of benzene rings is 1. The van der Waals surface area contributed by atoms with Gasteiger partial charge in [-0.2, -0.15) is 0 Å². The van der Waals surface area contributed by atoms with Crippen molar-refractivity contribution < 1.29 is 14.3 Å². The third-order valence-corrected chi connectivity index (χ3v) is 5.60. The van der Waals surface area contributed by atoms with Gasteiger partial charge in [0.25, 0.3) is 5.91 Å². The predicted molar refractivity (Wildman–Crippen MR) is 106 cm³/mol. The minimum Gasteiger partial charge on any atom is -0.493 e. The fourth-order valence-corrected chi connectivity index (χ4v) is 4.10. The van der Waals surface area contributed by atoms with Crippen molar-refractivity contribution in [1.82, 2.24) is 4.90 Å². The second-order valence-electron chi connectivity index (χ2n) is 5.97. The molecule has 0 bridgehead atoms. The molecule has 132 valence electrons. The Morgan fingerprint density at radius 1 is 1.44 bits per heavy atom. The van der Waals surface area contributed by atoms with Crippen LogP contribution in [0.15, 0.2) is 34.8 Å². The van der Waals surface area contributed by atoms with Gasteiger partial charge >= 0.3 is 0 Å². The van der Waals surface area contributed by atoms with Crippen LogP contribution in [0.3, 0.4) is 0 Å². The molecular weight excluding hydrogens is 354 g/mol. The zero-order chi connectivity index (χ0) is 18.0.